The Morgan fingerprint density at radius 3 is 2.58 bits per heavy atom. The quantitative estimate of drug-likeness (QED) is 0.493. The molecule has 0 amide bonds. The number of hydrogen-bond acceptors (Lipinski definition) is 8. The van der Waals surface area contributed by atoms with E-state index in [4.69, 9.17) is 5.26 Å². The molecule has 1 saturated heterocycles. The van der Waals surface area contributed by atoms with Crippen LogP contribution in [-0.4, -0.2) is 48.7 Å². The number of halogens is 1. The van der Waals surface area contributed by atoms with Crippen molar-refractivity contribution in [3.63, 3.8) is 0 Å². The van der Waals surface area contributed by atoms with Gasteiger partial charge in [0, 0.05) is 31.0 Å². The zero-order valence-electron chi connectivity index (χ0n) is 17.8. The highest BCUT2D eigenvalue weighted by molar-refractivity contribution is 8.24. The van der Waals surface area contributed by atoms with Gasteiger partial charge in [-0.05, 0) is 54.7 Å². The third-order valence-corrected chi connectivity index (χ3v) is 7.51. The van der Waals surface area contributed by atoms with Gasteiger partial charge in [-0.2, -0.15) is 15.9 Å². The Morgan fingerprint density at radius 2 is 1.88 bits per heavy atom. The van der Waals surface area contributed by atoms with E-state index in [1.807, 2.05) is 12.1 Å². The predicted molar refractivity (Wildman–Crippen MR) is 126 cm³/mol. The molecular weight excluding hydrogens is 443 g/mol. The number of nitrogens with zero attached hydrogens (tertiary/aromatic N) is 5. The Morgan fingerprint density at radius 1 is 1.09 bits per heavy atom. The lowest BCUT2D eigenvalue weighted by Crippen LogP contribution is -2.39. The monoisotopic (exact) mass is 466 g/mol. The molecule has 1 saturated carbocycles. The number of nitriles is 1. The van der Waals surface area contributed by atoms with E-state index >= 15 is 4.39 Å². The largest absolute Gasteiger partial charge is 0.351 e. The number of anilines is 3. The van der Waals surface area contributed by atoms with E-state index in [9.17, 15) is 9.11 Å². The number of aromatic nitrogens is 3. The van der Waals surface area contributed by atoms with Gasteiger partial charge in [0.05, 0.1) is 28.8 Å². The number of nitrogens with one attached hydrogen (secondary N) is 1. The first-order valence-corrected chi connectivity index (χ1v) is 12.6. The molecule has 2 aliphatic rings. The summed E-state index contributed by atoms with van der Waals surface area (Å²) in [6, 6.07) is 10.7. The van der Waals surface area contributed by atoms with Crippen LogP contribution in [0.15, 0.2) is 42.7 Å². The van der Waals surface area contributed by atoms with Crippen molar-refractivity contribution in [2.75, 3.05) is 34.8 Å². The van der Waals surface area contributed by atoms with Crippen molar-refractivity contribution in [1.82, 2.24) is 15.0 Å². The highest BCUT2D eigenvalue weighted by Crippen LogP contribution is 2.43. The molecule has 0 bridgehead atoms. The number of rotatable bonds is 5. The Balaban J connectivity index is 1.43. The molecule has 1 aliphatic carbocycles. The van der Waals surface area contributed by atoms with E-state index in [2.05, 4.69) is 26.3 Å². The summed E-state index contributed by atoms with van der Waals surface area (Å²) in [6.07, 6.45) is 5.36. The van der Waals surface area contributed by atoms with E-state index < -0.39 is 16.4 Å². The van der Waals surface area contributed by atoms with E-state index in [1.54, 1.807) is 29.4 Å². The third-order valence-electron chi connectivity index (χ3n) is 5.83. The Kier molecular flexibility index (Phi) is 5.62. The summed E-state index contributed by atoms with van der Waals surface area (Å²) in [6.45, 7) is 0.702. The maximum Gasteiger partial charge on any atom is 0.166 e. The van der Waals surface area contributed by atoms with Crippen LogP contribution in [0.25, 0.3) is 11.3 Å². The van der Waals surface area contributed by atoms with Gasteiger partial charge in [-0.25, -0.2) is 19.3 Å². The maximum atomic E-state index is 15.0. The molecule has 8 nitrogen and oxygen atoms in total. The van der Waals surface area contributed by atoms with Gasteiger partial charge in [0.1, 0.15) is 11.6 Å². The first kappa shape index (κ1) is 21.6. The molecule has 1 aliphatic heterocycles. The molecule has 170 valence electrons. The van der Waals surface area contributed by atoms with Crippen molar-refractivity contribution < 1.29 is 13.5 Å². The van der Waals surface area contributed by atoms with Crippen molar-refractivity contribution in [3.05, 3.63) is 59.7 Å². The topological polar surface area (TPSA) is 118 Å². The fourth-order valence-electron chi connectivity index (χ4n) is 3.86. The summed E-state index contributed by atoms with van der Waals surface area (Å²) in [5.41, 5.74) is 2.77. The summed E-state index contributed by atoms with van der Waals surface area (Å²) in [4.78, 5) is 15.0. The average Bonchev–Trinajstić information content (AvgIpc) is 3.65. The second-order valence-corrected chi connectivity index (χ2v) is 10.8. The van der Waals surface area contributed by atoms with Crippen LogP contribution >= 0.6 is 10.6 Å². The molecular formula is C23H23FN6O2S. The molecule has 0 unspecified atom stereocenters. The predicted octanol–water partition coefficient (Wildman–Crippen LogP) is 4.74. The van der Waals surface area contributed by atoms with E-state index in [-0.39, 0.29) is 17.3 Å². The van der Waals surface area contributed by atoms with Crippen LogP contribution in [0.5, 0.6) is 0 Å². The van der Waals surface area contributed by atoms with Crippen molar-refractivity contribution in [1.29, 1.82) is 5.26 Å². The van der Waals surface area contributed by atoms with Crippen molar-refractivity contribution in [2.45, 2.75) is 18.8 Å². The van der Waals surface area contributed by atoms with Crippen LogP contribution in [0.2, 0.25) is 0 Å². The lowest BCUT2D eigenvalue weighted by Gasteiger charge is -2.41. The molecule has 0 aromatic carbocycles. The van der Waals surface area contributed by atoms with E-state index in [0.717, 1.165) is 18.4 Å². The van der Waals surface area contributed by atoms with Crippen LogP contribution in [-0.2, 0) is 0 Å². The van der Waals surface area contributed by atoms with Crippen molar-refractivity contribution in [3.8, 4) is 17.3 Å². The molecule has 5 rings (SSSR count). The minimum Gasteiger partial charge on any atom is -0.351 e. The molecule has 3 N–H and O–H groups in total. The van der Waals surface area contributed by atoms with Crippen LogP contribution in [0.1, 0.15) is 29.9 Å². The molecule has 0 atom stereocenters. The molecule has 4 heterocycles. The minimum atomic E-state index is -2.56. The van der Waals surface area contributed by atoms with Crippen LogP contribution in [0.3, 0.4) is 0 Å². The molecule has 33 heavy (non-hydrogen) atoms. The maximum absolute atomic E-state index is 15.0. The van der Waals surface area contributed by atoms with E-state index in [0.29, 0.717) is 47.5 Å². The van der Waals surface area contributed by atoms with Crippen molar-refractivity contribution >= 4 is 28.0 Å². The van der Waals surface area contributed by atoms with Crippen LogP contribution in [0.4, 0.5) is 21.8 Å². The molecule has 2 fully saturated rings. The van der Waals surface area contributed by atoms with Gasteiger partial charge in [0.25, 0.3) is 0 Å². The molecule has 10 heteroatoms. The summed E-state index contributed by atoms with van der Waals surface area (Å²) in [7, 11) is -2.56. The fraction of sp³-hybridized carbons (Fsp3) is 0.304. The Hall–Kier alpha value is -3.26. The van der Waals surface area contributed by atoms with E-state index in [1.165, 1.54) is 6.07 Å². The van der Waals surface area contributed by atoms with Gasteiger partial charge < -0.3 is 10.2 Å². The molecule has 3 aromatic heterocycles. The zero-order chi connectivity index (χ0) is 23.0. The molecule has 0 radical (unpaired) electrons. The lowest BCUT2D eigenvalue weighted by molar-refractivity contribution is 0.478. The van der Waals surface area contributed by atoms with Gasteiger partial charge in [-0.15, -0.1) is 0 Å². The SMILES string of the molecule is N#Cc1ccnc(Nc2cc(C3CC3)cc(-c3cnc(N4CCS(O)(O)CC4)c(F)c3)n2)c1. The number of pyridine rings is 3. The smallest absolute Gasteiger partial charge is 0.166 e. The highest BCUT2D eigenvalue weighted by Gasteiger charge is 2.27. The summed E-state index contributed by atoms with van der Waals surface area (Å²) in [5.74, 6) is 1.72. The first-order chi connectivity index (χ1) is 15.9. The summed E-state index contributed by atoms with van der Waals surface area (Å²) in [5, 5.41) is 12.3. The second kappa shape index (κ2) is 8.59. The number of hydrogen-bond donors (Lipinski definition) is 3. The Labute approximate surface area is 192 Å². The van der Waals surface area contributed by atoms with Gasteiger partial charge in [-0.3, -0.25) is 9.11 Å². The standard InChI is InChI=1S/C23H23FN6O2S/c24-19-10-18(14-27-23(19)30-5-7-33(31,32)8-6-30)20-11-17(16-1-2-16)12-22(28-20)29-21-9-15(13-25)3-4-26-21/h3-4,9-12,14,16,31-32H,1-2,5-8H2,(H,26,28,29). The minimum absolute atomic E-state index is 0.211. The highest BCUT2D eigenvalue weighted by atomic mass is 32.3. The second-order valence-electron chi connectivity index (χ2n) is 8.34. The summed E-state index contributed by atoms with van der Waals surface area (Å²) < 4.78 is 34.6. The van der Waals surface area contributed by atoms with Gasteiger partial charge in [-0.1, -0.05) is 0 Å². The van der Waals surface area contributed by atoms with Crippen LogP contribution < -0.4 is 10.2 Å². The molecule has 0 spiro atoms. The zero-order valence-corrected chi connectivity index (χ0v) is 18.6. The first-order valence-electron chi connectivity index (χ1n) is 10.7. The van der Waals surface area contributed by atoms with Gasteiger partial charge in [0.15, 0.2) is 11.6 Å². The van der Waals surface area contributed by atoms with Crippen LogP contribution in [0, 0.1) is 17.1 Å². The van der Waals surface area contributed by atoms with Gasteiger partial charge >= 0.3 is 0 Å². The summed E-state index contributed by atoms with van der Waals surface area (Å²) >= 11 is 0. The average molecular weight is 467 g/mol. The van der Waals surface area contributed by atoms with Gasteiger partial charge in [0.2, 0.25) is 0 Å². The Bertz CT molecular complexity index is 1230. The fourth-order valence-corrected chi connectivity index (χ4v) is 5.09. The third kappa shape index (κ3) is 4.90. The van der Waals surface area contributed by atoms with Crippen molar-refractivity contribution in [2.24, 2.45) is 0 Å². The molecule has 3 aromatic rings. The normalized spacial score (nSPS) is 18.4. The lowest BCUT2D eigenvalue weighted by atomic mass is 10.1.